The van der Waals surface area contributed by atoms with Gasteiger partial charge in [-0.3, -0.25) is 9.88 Å². The summed E-state index contributed by atoms with van der Waals surface area (Å²) in [5.41, 5.74) is 4.24. The lowest BCUT2D eigenvalue weighted by atomic mass is 10.0. The molecule has 1 aliphatic rings. The SMILES string of the molecule is Fc1ccc(-c2noc3c2CN(Cc2ccnc4ccccc24)CC3)cc1F. The first-order valence-electron chi connectivity index (χ1n) is 9.17. The zero-order chi connectivity index (χ0) is 19.1. The molecule has 0 radical (unpaired) electrons. The number of aromatic nitrogens is 2. The Morgan fingerprint density at radius 1 is 1.04 bits per heavy atom. The maximum atomic E-state index is 13.7. The quantitative estimate of drug-likeness (QED) is 0.518. The molecule has 0 fully saturated rings. The molecule has 2 aromatic carbocycles. The van der Waals surface area contributed by atoms with Crippen molar-refractivity contribution in [3.63, 3.8) is 0 Å². The molecule has 0 spiro atoms. The molecule has 0 N–H and O–H groups in total. The summed E-state index contributed by atoms with van der Waals surface area (Å²) in [6.45, 7) is 2.25. The Bertz CT molecular complexity index is 1170. The van der Waals surface area contributed by atoms with Gasteiger partial charge in [0.1, 0.15) is 11.5 Å². The van der Waals surface area contributed by atoms with E-state index < -0.39 is 11.6 Å². The highest BCUT2D eigenvalue weighted by Gasteiger charge is 2.25. The first kappa shape index (κ1) is 17.0. The normalized spacial score (nSPS) is 14.4. The van der Waals surface area contributed by atoms with Crippen LogP contribution < -0.4 is 0 Å². The minimum absolute atomic E-state index is 0.528. The van der Waals surface area contributed by atoms with Crippen LogP contribution in [0.5, 0.6) is 0 Å². The minimum atomic E-state index is -0.884. The first-order chi connectivity index (χ1) is 13.7. The van der Waals surface area contributed by atoms with Gasteiger partial charge in [0.25, 0.3) is 0 Å². The molecule has 1 aliphatic heterocycles. The monoisotopic (exact) mass is 377 g/mol. The molecule has 2 aromatic heterocycles. The van der Waals surface area contributed by atoms with Crippen LogP contribution in [0.3, 0.4) is 0 Å². The number of fused-ring (bicyclic) bond motifs is 2. The van der Waals surface area contributed by atoms with Crippen molar-refractivity contribution in [2.24, 2.45) is 0 Å². The first-order valence-corrected chi connectivity index (χ1v) is 9.17. The number of halogens is 2. The van der Waals surface area contributed by atoms with E-state index in [1.807, 2.05) is 30.5 Å². The third kappa shape index (κ3) is 2.96. The second-order valence-electron chi connectivity index (χ2n) is 7.01. The Labute approximate surface area is 160 Å². The number of hydrogen-bond donors (Lipinski definition) is 0. The second kappa shape index (κ2) is 6.80. The molecular weight excluding hydrogens is 360 g/mol. The fourth-order valence-corrected chi connectivity index (χ4v) is 3.80. The molecule has 0 atom stereocenters. The number of pyridine rings is 1. The molecule has 140 valence electrons. The molecular formula is C22H17F2N3O. The predicted molar refractivity (Wildman–Crippen MR) is 101 cm³/mol. The van der Waals surface area contributed by atoms with E-state index >= 15 is 0 Å². The average Bonchev–Trinajstić information content (AvgIpc) is 3.14. The van der Waals surface area contributed by atoms with Gasteiger partial charge in [0, 0.05) is 48.8 Å². The summed E-state index contributed by atoms with van der Waals surface area (Å²) < 4.78 is 32.4. The van der Waals surface area contributed by atoms with Crippen molar-refractivity contribution < 1.29 is 13.3 Å². The van der Waals surface area contributed by atoms with Gasteiger partial charge < -0.3 is 4.52 Å². The van der Waals surface area contributed by atoms with E-state index in [0.29, 0.717) is 17.8 Å². The van der Waals surface area contributed by atoms with E-state index in [9.17, 15) is 8.78 Å². The standard InChI is InChI=1S/C22H17F2N3O/c23-18-6-5-14(11-19(18)24)22-17-13-27(10-8-21(17)28-26-22)12-15-7-9-25-20-4-2-1-3-16(15)20/h1-7,9,11H,8,10,12-13H2. The predicted octanol–water partition coefficient (Wildman–Crippen LogP) is 4.73. The zero-order valence-electron chi connectivity index (χ0n) is 15.0. The van der Waals surface area contributed by atoms with Gasteiger partial charge in [-0.15, -0.1) is 0 Å². The van der Waals surface area contributed by atoms with Crippen molar-refractivity contribution in [2.45, 2.75) is 19.5 Å². The van der Waals surface area contributed by atoms with Crippen LogP contribution in [-0.4, -0.2) is 21.6 Å². The van der Waals surface area contributed by atoms with E-state index in [-0.39, 0.29) is 0 Å². The van der Waals surface area contributed by atoms with Crippen molar-refractivity contribution in [3.05, 3.63) is 83.2 Å². The van der Waals surface area contributed by atoms with Crippen LogP contribution in [0.2, 0.25) is 0 Å². The fraction of sp³-hybridized carbons (Fsp3) is 0.182. The smallest absolute Gasteiger partial charge is 0.159 e. The average molecular weight is 377 g/mol. The van der Waals surface area contributed by atoms with E-state index in [1.54, 1.807) is 0 Å². The number of para-hydroxylation sites is 1. The Balaban J connectivity index is 1.45. The Hall–Kier alpha value is -3.12. The van der Waals surface area contributed by atoms with Gasteiger partial charge in [0.15, 0.2) is 11.6 Å². The van der Waals surface area contributed by atoms with Gasteiger partial charge >= 0.3 is 0 Å². The molecule has 6 heteroatoms. The number of benzene rings is 2. The Kier molecular flexibility index (Phi) is 4.13. The summed E-state index contributed by atoms with van der Waals surface area (Å²) in [5.74, 6) is -0.937. The largest absolute Gasteiger partial charge is 0.360 e. The lowest BCUT2D eigenvalue weighted by Gasteiger charge is -2.26. The van der Waals surface area contributed by atoms with E-state index in [4.69, 9.17) is 4.52 Å². The molecule has 0 aliphatic carbocycles. The van der Waals surface area contributed by atoms with Gasteiger partial charge in [0.2, 0.25) is 0 Å². The van der Waals surface area contributed by atoms with Gasteiger partial charge in [-0.05, 0) is 35.9 Å². The van der Waals surface area contributed by atoms with Crippen LogP contribution in [0.4, 0.5) is 8.78 Å². The van der Waals surface area contributed by atoms with Crippen molar-refractivity contribution in [1.29, 1.82) is 0 Å². The molecule has 0 amide bonds. The highest BCUT2D eigenvalue weighted by atomic mass is 19.2. The highest BCUT2D eigenvalue weighted by molar-refractivity contribution is 5.81. The highest BCUT2D eigenvalue weighted by Crippen LogP contribution is 2.31. The molecule has 0 saturated heterocycles. The molecule has 0 bridgehead atoms. The number of nitrogens with zero attached hydrogens (tertiary/aromatic N) is 3. The van der Waals surface area contributed by atoms with Crippen LogP contribution in [0, 0.1) is 11.6 Å². The van der Waals surface area contributed by atoms with Gasteiger partial charge in [-0.2, -0.15) is 0 Å². The summed E-state index contributed by atoms with van der Waals surface area (Å²) in [7, 11) is 0. The summed E-state index contributed by atoms with van der Waals surface area (Å²) in [6.07, 6.45) is 2.56. The molecule has 4 nitrogen and oxygen atoms in total. The molecule has 0 unspecified atom stereocenters. The molecule has 4 aromatic rings. The van der Waals surface area contributed by atoms with Crippen LogP contribution in [0.1, 0.15) is 16.9 Å². The lowest BCUT2D eigenvalue weighted by molar-refractivity contribution is 0.229. The van der Waals surface area contributed by atoms with Crippen molar-refractivity contribution >= 4 is 10.9 Å². The molecule has 3 heterocycles. The fourth-order valence-electron chi connectivity index (χ4n) is 3.80. The van der Waals surface area contributed by atoms with Gasteiger partial charge in [-0.1, -0.05) is 23.4 Å². The summed E-state index contributed by atoms with van der Waals surface area (Å²) in [4.78, 5) is 6.73. The Morgan fingerprint density at radius 3 is 2.82 bits per heavy atom. The molecule has 28 heavy (non-hydrogen) atoms. The van der Waals surface area contributed by atoms with E-state index in [1.165, 1.54) is 17.7 Å². The van der Waals surface area contributed by atoms with Crippen molar-refractivity contribution in [3.8, 4) is 11.3 Å². The van der Waals surface area contributed by atoms with Gasteiger partial charge in [0.05, 0.1) is 5.52 Å². The topological polar surface area (TPSA) is 42.2 Å². The van der Waals surface area contributed by atoms with Crippen molar-refractivity contribution in [2.75, 3.05) is 6.54 Å². The summed E-state index contributed by atoms with van der Waals surface area (Å²) in [6, 6.07) is 14.0. The van der Waals surface area contributed by atoms with Crippen LogP contribution in [0.15, 0.2) is 59.3 Å². The minimum Gasteiger partial charge on any atom is -0.360 e. The lowest BCUT2D eigenvalue weighted by Crippen LogP contribution is -2.29. The van der Waals surface area contributed by atoms with Gasteiger partial charge in [-0.25, -0.2) is 8.78 Å². The molecule has 0 saturated carbocycles. The third-order valence-electron chi connectivity index (χ3n) is 5.23. The van der Waals surface area contributed by atoms with Crippen LogP contribution in [0.25, 0.3) is 22.2 Å². The zero-order valence-corrected chi connectivity index (χ0v) is 15.0. The summed E-state index contributed by atoms with van der Waals surface area (Å²) in [5, 5.41) is 5.27. The number of rotatable bonds is 3. The van der Waals surface area contributed by atoms with Crippen LogP contribution >= 0.6 is 0 Å². The second-order valence-corrected chi connectivity index (χ2v) is 7.01. The van der Waals surface area contributed by atoms with Crippen molar-refractivity contribution in [1.82, 2.24) is 15.0 Å². The maximum absolute atomic E-state index is 13.7. The maximum Gasteiger partial charge on any atom is 0.159 e. The molecule has 5 rings (SSSR count). The van der Waals surface area contributed by atoms with Crippen LogP contribution in [-0.2, 0) is 19.5 Å². The summed E-state index contributed by atoms with van der Waals surface area (Å²) >= 11 is 0. The Morgan fingerprint density at radius 2 is 1.93 bits per heavy atom. The van der Waals surface area contributed by atoms with E-state index in [2.05, 4.69) is 21.1 Å². The third-order valence-corrected chi connectivity index (χ3v) is 5.23. The van der Waals surface area contributed by atoms with E-state index in [0.717, 1.165) is 47.8 Å². The number of hydrogen-bond acceptors (Lipinski definition) is 4.